The van der Waals surface area contributed by atoms with E-state index < -0.39 is 0 Å². The zero-order valence-electron chi connectivity index (χ0n) is 14.3. The first-order valence-electron chi connectivity index (χ1n) is 8.18. The van der Waals surface area contributed by atoms with Crippen molar-refractivity contribution in [3.05, 3.63) is 82.9 Å². The molecule has 0 heterocycles. The van der Waals surface area contributed by atoms with Gasteiger partial charge in [0.1, 0.15) is 0 Å². The Hall–Kier alpha value is -3.14. The molecular formula is C21H20N2O2. The van der Waals surface area contributed by atoms with Gasteiger partial charge in [-0.05, 0) is 47.4 Å². The summed E-state index contributed by atoms with van der Waals surface area (Å²) in [5, 5.41) is 2.13. The molecule has 0 aliphatic carbocycles. The maximum atomic E-state index is 12.3. The number of nitrogens with one attached hydrogen (secondary N) is 2. The van der Waals surface area contributed by atoms with Crippen LogP contribution in [0.1, 0.15) is 27.0 Å². The number of benzene rings is 3. The first-order valence-corrected chi connectivity index (χ1v) is 8.18. The molecule has 0 saturated carbocycles. The van der Waals surface area contributed by atoms with Crippen molar-refractivity contribution in [1.29, 1.82) is 0 Å². The number of hydrazine groups is 1. The van der Waals surface area contributed by atoms with E-state index in [0.29, 0.717) is 5.56 Å². The molecule has 0 radical (unpaired) electrons. The smallest absolute Gasteiger partial charge is 0.269 e. The van der Waals surface area contributed by atoms with Crippen molar-refractivity contribution in [2.75, 3.05) is 0 Å². The van der Waals surface area contributed by atoms with Gasteiger partial charge in [-0.2, -0.15) is 0 Å². The van der Waals surface area contributed by atoms with Crippen molar-refractivity contribution in [3.8, 4) is 0 Å². The molecule has 4 nitrogen and oxygen atoms in total. The molecule has 3 aromatic rings. The minimum absolute atomic E-state index is 0.203. The summed E-state index contributed by atoms with van der Waals surface area (Å²) < 4.78 is 0. The summed E-state index contributed by atoms with van der Waals surface area (Å²) in [7, 11) is 0. The van der Waals surface area contributed by atoms with Gasteiger partial charge in [-0.1, -0.05) is 54.6 Å². The molecule has 0 fully saturated rings. The fourth-order valence-corrected chi connectivity index (χ4v) is 2.85. The van der Waals surface area contributed by atoms with Crippen molar-refractivity contribution in [3.63, 3.8) is 0 Å². The summed E-state index contributed by atoms with van der Waals surface area (Å²) in [5.41, 5.74) is 8.43. The second-order valence-electron chi connectivity index (χ2n) is 6.06. The number of carbonyl (C=O) groups is 2. The van der Waals surface area contributed by atoms with E-state index in [4.69, 9.17) is 0 Å². The number of aryl methyl sites for hydroxylation is 1. The summed E-state index contributed by atoms with van der Waals surface area (Å²) in [4.78, 5) is 24.5. The molecule has 0 aliphatic rings. The van der Waals surface area contributed by atoms with Crippen LogP contribution >= 0.6 is 0 Å². The molecule has 3 rings (SSSR count). The zero-order chi connectivity index (χ0) is 17.8. The van der Waals surface area contributed by atoms with Crippen molar-refractivity contribution in [1.82, 2.24) is 10.9 Å². The zero-order valence-corrected chi connectivity index (χ0v) is 14.3. The lowest BCUT2D eigenvalue weighted by atomic mass is 10.0. The minimum Gasteiger partial charge on any atom is -0.273 e. The highest BCUT2D eigenvalue weighted by Crippen LogP contribution is 2.18. The van der Waals surface area contributed by atoms with Crippen molar-refractivity contribution in [2.24, 2.45) is 0 Å². The van der Waals surface area contributed by atoms with E-state index in [2.05, 4.69) is 10.9 Å². The van der Waals surface area contributed by atoms with Crippen LogP contribution in [0, 0.1) is 13.8 Å². The van der Waals surface area contributed by atoms with Crippen LogP contribution in [0.15, 0.2) is 60.7 Å². The van der Waals surface area contributed by atoms with Crippen LogP contribution in [0.5, 0.6) is 0 Å². The number of carbonyl (C=O) groups excluding carboxylic acids is 2. The van der Waals surface area contributed by atoms with Crippen LogP contribution in [-0.2, 0) is 11.2 Å². The molecule has 4 heteroatoms. The molecule has 2 amide bonds. The van der Waals surface area contributed by atoms with Crippen LogP contribution in [-0.4, -0.2) is 11.8 Å². The molecule has 0 bridgehead atoms. The maximum Gasteiger partial charge on any atom is 0.269 e. The molecule has 3 aromatic carbocycles. The highest BCUT2D eigenvalue weighted by molar-refractivity contribution is 5.97. The van der Waals surface area contributed by atoms with Crippen LogP contribution in [0.4, 0.5) is 0 Å². The van der Waals surface area contributed by atoms with Crippen molar-refractivity contribution < 1.29 is 9.59 Å². The van der Waals surface area contributed by atoms with Gasteiger partial charge in [0.2, 0.25) is 5.91 Å². The third kappa shape index (κ3) is 3.69. The maximum absolute atomic E-state index is 12.3. The number of hydrogen-bond acceptors (Lipinski definition) is 2. The largest absolute Gasteiger partial charge is 0.273 e. The Morgan fingerprint density at radius 2 is 1.56 bits per heavy atom. The van der Waals surface area contributed by atoms with Crippen LogP contribution < -0.4 is 10.9 Å². The van der Waals surface area contributed by atoms with E-state index in [0.717, 1.165) is 27.5 Å². The summed E-state index contributed by atoms with van der Waals surface area (Å²) in [6, 6.07) is 19.3. The average molecular weight is 332 g/mol. The van der Waals surface area contributed by atoms with Gasteiger partial charge in [0.25, 0.3) is 5.91 Å². The molecule has 2 N–H and O–H groups in total. The second-order valence-corrected chi connectivity index (χ2v) is 6.06. The Bertz CT molecular complexity index is 942. The number of hydrogen-bond donors (Lipinski definition) is 2. The minimum atomic E-state index is -0.313. The third-order valence-electron chi connectivity index (χ3n) is 4.40. The van der Waals surface area contributed by atoms with E-state index in [1.165, 1.54) is 0 Å². The lowest BCUT2D eigenvalue weighted by Crippen LogP contribution is -2.42. The Kier molecular flexibility index (Phi) is 4.80. The second kappa shape index (κ2) is 7.18. The highest BCUT2D eigenvalue weighted by Gasteiger charge is 2.12. The summed E-state index contributed by atoms with van der Waals surface area (Å²) in [6.07, 6.45) is 0.203. The lowest BCUT2D eigenvalue weighted by Gasteiger charge is -2.11. The van der Waals surface area contributed by atoms with Crippen LogP contribution in [0.25, 0.3) is 10.8 Å². The van der Waals surface area contributed by atoms with Gasteiger partial charge in [0, 0.05) is 5.56 Å². The molecule has 0 saturated heterocycles. The quantitative estimate of drug-likeness (QED) is 0.722. The van der Waals surface area contributed by atoms with Crippen molar-refractivity contribution >= 4 is 22.6 Å². The normalized spacial score (nSPS) is 10.5. The van der Waals surface area contributed by atoms with E-state index in [9.17, 15) is 9.59 Å². The molecule has 25 heavy (non-hydrogen) atoms. The van der Waals surface area contributed by atoms with E-state index in [1.54, 1.807) is 6.07 Å². The summed E-state index contributed by atoms with van der Waals surface area (Å²) in [5.74, 6) is -0.567. The first kappa shape index (κ1) is 16.7. The topological polar surface area (TPSA) is 58.2 Å². The Labute approximate surface area is 146 Å². The fourth-order valence-electron chi connectivity index (χ4n) is 2.85. The molecule has 0 unspecified atom stereocenters. The van der Waals surface area contributed by atoms with Gasteiger partial charge >= 0.3 is 0 Å². The summed E-state index contributed by atoms with van der Waals surface area (Å²) in [6.45, 7) is 3.84. The predicted octanol–water partition coefficient (Wildman–Crippen LogP) is 3.46. The van der Waals surface area contributed by atoms with Gasteiger partial charge in [-0.25, -0.2) is 0 Å². The van der Waals surface area contributed by atoms with E-state index in [-0.39, 0.29) is 18.2 Å². The Balaban J connectivity index is 1.67. The number of fused-ring (bicyclic) bond motifs is 1. The molecule has 0 atom stereocenters. The Morgan fingerprint density at radius 1 is 0.840 bits per heavy atom. The first-order chi connectivity index (χ1) is 12.1. The average Bonchev–Trinajstić information content (AvgIpc) is 2.62. The predicted molar refractivity (Wildman–Crippen MR) is 99.2 cm³/mol. The van der Waals surface area contributed by atoms with Gasteiger partial charge in [0.15, 0.2) is 0 Å². The lowest BCUT2D eigenvalue weighted by molar-refractivity contribution is -0.121. The molecular weight excluding hydrogens is 312 g/mol. The van der Waals surface area contributed by atoms with Gasteiger partial charge in [-0.15, -0.1) is 0 Å². The standard InChI is InChI=1S/C21H20N2O2/c1-14-7-5-12-18(15(14)2)21(25)23-22-20(24)13-17-10-6-9-16-8-3-4-11-19(16)17/h3-12H,13H2,1-2H3,(H,22,24)(H,23,25). The SMILES string of the molecule is Cc1cccc(C(=O)NNC(=O)Cc2cccc3ccccc23)c1C. The van der Waals surface area contributed by atoms with Crippen molar-refractivity contribution in [2.45, 2.75) is 20.3 Å². The number of amides is 2. The van der Waals surface area contributed by atoms with E-state index in [1.807, 2.05) is 68.4 Å². The fraction of sp³-hybridized carbons (Fsp3) is 0.143. The monoisotopic (exact) mass is 332 g/mol. The van der Waals surface area contributed by atoms with Crippen LogP contribution in [0.2, 0.25) is 0 Å². The van der Waals surface area contributed by atoms with Gasteiger partial charge in [-0.3, -0.25) is 20.4 Å². The summed E-state index contributed by atoms with van der Waals surface area (Å²) >= 11 is 0. The molecule has 0 aromatic heterocycles. The highest BCUT2D eigenvalue weighted by atomic mass is 16.2. The van der Waals surface area contributed by atoms with Gasteiger partial charge < -0.3 is 0 Å². The van der Waals surface area contributed by atoms with Gasteiger partial charge in [0.05, 0.1) is 6.42 Å². The Morgan fingerprint density at radius 3 is 2.40 bits per heavy atom. The van der Waals surface area contributed by atoms with Crippen LogP contribution in [0.3, 0.4) is 0 Å². The molecule has 126 valence electrons. The molecule has 0 aliphatic heterocycles. The van der Waals surface area contributed by atoms with E-state index >= 15 is 0 Å². The molecule has 0 spiro atoms. The third-order valence-corrected chi connectivity index (χ3v) is 4.40. The number of rotatable bonds is 3.